The molecule has 150 valence electrons. The van der Waals surface area contributed by atoms with Crippen LogP contribution in [0.5, 0.6) is 0 Å². The highest BCUT2D eigenvalue weighted by atomic mass is 79.9. The van der Waals surface area contributed by atoms with Gasteiger partial charge in [-0.25, -0.2) is 8.42 Å². The number of benzene rings is 2. The number of anilines is 1. The summed E-state index contributed by atoms with van der Waals surface area (Å²) in [5, 5.41) is 4.48. The summed E-state index contributed by atoms with van der Waals surface area (Å²) in [5.41, 5.74) is 0.479. The maximum Gasteiger partial charge on any atom is 0.271 e. The standard InChI is InChI=1S/C20H19BrN4O3S/c21-16-6-8-18(9-7-16)29(27,28)24-14-12-23(13-15-24)19-10-11-20(26)25(22-19)17-4-2-1-3-5-17/h1-11H,12-15H2. The van der Waals surface area contributed by atoms with Gasteiger partial charge in [-0.05, 0) is 42.5 Å². The number of sulfonamides is 1. The van der Waals surface area contributed by atoms with E-state index in [9.17, 15) is 13.2 Å². The minimum Gasteiger partial charge on any atom is -0.353 e. The van der Waals surface area contributed by atoms with Gasteiger partial charge in [0.2, 0.25) is 10.0 Å². The molecular formula is C20H19BrN4O3S. The average Bonchev–Trinajstić information content (AvgIpc) is 2.75. The van der Waals surface area contributed by atoms with Crippen LogP contribution in [0.4, 0.5) is 5.82 Å². The first-order chi connectivity index (χ1) is 13.9. The molecule has 1 aliphatic heterocycles. The summed E-state index contributed by atoms with van der Waals surface area (Å²) in [6.45, 7) is 1.70. The molecule has 9 heteroatoms. The molecule has 3 aromatic rings. The SMILES string of the molecule is O=c1ccc(N2CCN(S(=O)(=O)c3ccc(Br)cc3)CC2)nn1-c1ccccc1. The molecule has 0 N–H and O–H groups in total. The maximum absolute atomic E-state index is 12.9. The smallest absolute Gasteiger partial charge is 0.271 e. The number of para-hydroxylation sites is 1. The van der Waals surface area contributed by atoms with E-state index in [-0.39, 0.29) is 10.5 Å². The van der Waals surface area contributed by atoms with Crippen molar-refractivity contribution < 1.29 is 8.42 Å². The molecule has 0 saturated carbocycles. The lowest BCUT2D eigenvalue weighted by atomic mass is 10.3. The molecule has 0 spiro atoms. The number of nitrogens with zero attached hydrogens (tertiary/aromatic N) is 4. The lowest BCUT2D eigenvalue weighted by Gasteiger charge is -2.34. The number of piperazine rings is 1. The predicted octanol–water partition coefficient (Wildman–Crippen LogP) is 2.51. The summed E-state index contributed by atoms with van der Waals surface area (Å²) in [6, 6.07) is 19.0. The Bertz CT molecular complexity index is 1160. The summed E-state index contributed by atoms with van der Waals surface area (Å²) < 4.78 is 29.4. The Morgan fingerprint density at radius 3 is 2.14 bits per heavy atom. The Labute approximate surface area is 177 Å². The van der Waals surface area contributed by atoms with E-state index in [4.69, 9.17) is 0 Å². The fraction of sp³-hybridized carbons (Fsp3) is 0.200. The van der Waals surface area contributed by atoms with Gasteiger partial charge in [-0.3, -0.25) is 4.79 Å². The molecule has 1 fully saturated rings. The van der Waals surface area contributed by atoms with Gasteiger partial charge in [0.05, 0.1) is 10.6 Å². The lowest BCUT2D eigenvalue weighted by Crippen LogP contribution is -2.49. The summed E-state index contributed by atoms with van der Waals surface area (Å²) in [6.07, 6.45) is 0. The second-order valence-electron chi connectivity index (χ2n) is 6.62. The lowest BCUT2D eigenvalue weighted by molar-refractivity contribution is 0.383. The van der Waals surface area contributed by atoms with Gasteiger partial charge >= 0.3 is 0 Å². The maximum atomic E-state index is 12.9. The van der Waals surface area contributed by atoms with Crippen LogP contribution in [0.25, 0.3) is 5.69 Å². The molecule has 29 heavy (non-hydrogen) atoms. The second kappa shape index (κ2) is 8.10. The van der Waals surface area contributed by atoms with Crippen molar-refractivity contribution >= 4 is 31.8 Å². The van der Waals surface area contributed by atoms with E-state index >= 15 is 0 Å². The van der Waals surface area contributed by atoms with Gasteiger partial charge in [-0.2, -0.15) is 8.99 Å². The molecule has 2 aromatic carbocycles. The highest BCUT2D eigenvalue weighted by Gasteiger charge is 2.29. The van der Waals surface area contributed by atoms with Gasteiger partial charge in [-0.1, -0.05) is 34.1 Å². The number of hydrogen-bond acceptors (Lipinski definition) is 5. The third-order valence-electron chi connectivity index (χ3n) is 4.80. The van der Waals surface area contributed by atoms with Crippen molar-refractivity contribution in [1.82, 2.24) is 14.1 Å². The van der Waals surface area contributed by atoms with Gasteiger partial charge in [0.1, 0.15) is 5.82 Å². The third kappa shape index (κ3) is 4.12. The monoisotopic (exact) mass is 474 g/mol. The molecular weight excluding hydrogens is 456 g/mol. The first-order valence-corrected chi connectivity index (χ1v) is 11.3. The van der Waals surface area contributed by atoms with Gasteiger partial charge in [0.25, 0.3) is 5.56 Å². The Hall–Kier alpha value is -2.49. The first kappa shape index (κ1) is 19.8. The zero-order valence-corrected chi connectivity index (χ0v) is 17.9. The van der Waals surface area contributed by atoms with Crippen LogP contribution in [0.15, 0.2) is 80.9 Å². The van der Waals surface area contributed by atoms with Crippen molar-refractivity contribution in [3.63, 3.8) is 0 Å². The highest BCUT2D eigenvalue weighted by Crippen LogP contribution is 2.21. The Morgan fingerprint density at radius 2 is 1.48 bits per heavy atom. The van der Waals surface area contributed by atoms with Crippen LogP contribution in [0.2, 0.25) is 0 Å². The van der Waals surface area contributed by atoms with Crippen molar-refractivity contribution in [3.8, 4) is 5.69 Å². The molecule has 7 nitrogen and oxygen atoms in total. The van der Waals surface area contributed by atoms with Gasteiger partial charge in [0, 0.05) is 36.7 Å². The van der Waals surface area contributed by atoms with Gasteiger partial charge in [-0.15, -0.1) is 5.10 Å². The molecule has 0 aliphatic carbocycles. The molecule has 0 amide bonds. The van der Waals surface area contributed by atoms with Crippen molar-refractivity contribution in [2.75, 3.05) is 31.1 Å². The van der Waals surface area contributed by atoms with Crippen LogP contribution in [-0.4, -0.2) is 48.7 Å². The molecule has 0 bridgehead atoms. The Balaban J connectivity index is 1.52. The summed E-state index contributed by atoms with van der Waals surface area (Å²) in [4.78, 5) is 14.5. The first-order valence-electron chi connectivity index (χ1n) is 9.12. The van der Waals surface area contributed by atoms with E-state index in [1.807, 2.05) is 35.2 Å². The quantitative estimate of drug-likeness (QED) is 0.580. The molecule has 1 aromatic heterocycles. The van der Waals surface area contributed by atoms with Crippen molar-refractivity contribution in [2.24, 2.45) is 0 Å². The van der Waals surface area contributed by atoms with E-state index in [1.54, 1.807) is 30.3 Å². The summed E-state index contributed by atoms with van der Waals surface area (Å²) in [5.74, 6) is 0.647. The predicted molar refractivity (Wildman–Crippen MR) is 115 cm³/mol. The minimum atomic E-state index is -3.53. The van der Waals surface area contributed by atoms with Crippen LogP contribution in [0.1, 0.15) is 0 Å². The van der Waals surface area contributed by atoms with Crippen molar-refractivity contribution in [2.45, 2.75) is 4.90 Å². The molecule has 1 aliphatic rings. The minimum absolute atomic E-state index is 0.212. The molecule has 2 heterocycles. The Kier molecular flexibility index (Phi) is 5.53. The number of aromatic nitrogens is 2. The van der Waals surface area contributed by atoms with E-state index in [0.29, 0.717) is 37.7 Å². The van der Waals surface area contributed by atoms with Gasteiger partial charge in [0.15, 0.2) is 0 Å². The van der Waals surface area contributed by atoms with Crippen LogP contribution in [-0.2, 0) is 10.0 Å². The number of rotatable bonds is 4. The molecule has 4 rings (SSSR count). The third-order valence-corrected chi connectivity index (χ3v) is 7.24. The molecule has 0 radical (unpaired) electrons. The van der Waals surface area contributed by atoms with Crippen LogP contribution in [0.3, 0.4) is 0 Å². The van der Waals surface area contributed by atoms with Crippen molar-refractivity contribution in [1.29, 1.82) is 0 Å². The van der Waals surface area contributed by atoms with E-state index in [0.717, 1.165) is 4.47 Å². The fourth-order valence-corrected chi connectivity index (χ4v) is 4.92. The number of halogens is 1. The topological polar surface area (TPSA) is 75.5 Å². The summed E-state index contributed by atoms with van der Waals surface area (Å²) >= 11 is 3.32. The molecule has 0 unspecified atom stereocenters. The zero-order valence-electron chi connectivity index (χ0n) is 15.5. The zero-order chi connectivity index (χ0) is 20.4. The Morgan fingerprint density at radius 1 is 0.828 bits per heavy atom. The largest absolute Gasteiger partial charge is 0.353 e. The van der Waals surface area contributed by atoms with Gasteiger partial charge < -0.3 is 4.90 Å². The van der Waals surface area contributed by atoms with Crippen LogP contribution < -0.4 is 10.5 Å². The number of hydrogen-bond donors (Lipinski definition) is 0. The molecule has 1 saturated heterocycles. The van der Waals surface area contributed by atoms with E-state index < -0.39 is 10.0 Å². The van der Waals surface area contributed by atoms with Crippen LogP contribution in [0, 0.1) is 0 Å². The van der Waals surface area contributed by atoms with E-state index in [2.05, 4.69) is 21.0 Å². The van der Waals surface area contributed by atoms with Crippen LogP contribution >= 0.6 is 15.9 Å². The molecule has 0 atom stereocenters. The normalized spacial score (nSPS) is 15.4. The van der Waals surface area contributed by atoms with Crippen molar-refractivity contribution in [3.05, 3.63) is 81.6 Å². The second-order valence-corrected chi connectivity index (χ2v) is 9.48. The van der Waals surface area contributed by atoms with E-state index in [1.165, 1.54) is 15.1 Å². The average molecular weight is 475 g/mol. The summed E-state index contributed by atoms with van der Waals surface area (Å²) in [7, 11) is -3.53. The highest BCUT2D eigenvalue weighted by molar-refractivity contribution is 9.10. The fourth-order valence-electron chi connectivity index (χ4n) is 3.24.